The van der Waals surface area contributed by atoms with Crippen LogP contribution in [-0.4, -0.2) is 38.8 Å². The first-order valence-corrected chi connectivity index (χ1v) is 6.60. The van der Waals surface area contributed by atoms with E-state index in [0.29, 0.717) is 11.3 Å². The molecule has 8 nitrogen and oxygen atoms in total. The molecule has 0 bridgehead atoms. The van der Waals surface area contributed by atoms with Crippen LogP contribution in [0, 0.1) is 0 Å². The number of rotatable bonds is 4. The average molecular weight is 313 g/mol. The van der Waals surface area contributed by atoms with Crippen LogP contribution in [0.5, 0.6) is 5.75 Å². The van der Waals surface area contributed by atoms with E-state index >= 15 is 0 Å². The van der Waals surface area contributed by atoms with Crippen molar-refractivity contribution in [1.29, 1.82) is 0 Å². The number of nitrogens with one attached hydrogen (secondary N) is 1. The Balaban J connectivity index is 2.08. The van der Waals surface area contributed by atoms with Crippen molar-refractivity contribution >= 4 is 22.8 Å². The Bertz CT molecular complexity index is 889. The molecule has 0 aliphatic carbocycles. The summed E-state index contributed by atoms with van der Waals surface area (Å²) in [5, 5.41) is 25.2. The Morgan fingerprint density at radius 3 is 2.65 bits per heavy atom. The number of aromatic nitrogens is 2. The van der Waals surface area contributed by atoms with Crippen molar-refractivity contribution in [2.45, 2.75) is 0 Å². The molecule has 0 aliphatic heterocycles. The Morgan fingerprint density at radius 1 is 1.22 bits per heavy atom. The summed E-state index contributed by atoms with van der Waals surface area (Å²) in [6.07, 6.45) is 1.25. The van der Waals surface area contributed by atoms with Crippen molar-refractivity contribution in [1.82, 2.24) is 15.5 Å². The van der Waals surface area contributed by atoms with Gasteiger partial charge in [0.05, 0.1) is 11.6 Å². The largest absolute Gasteiger partial charge is 0.505 e. The highest BCUT2D eigenvalue weighted by atomic mass is 16.5. The van der Waals surface area contributed by atoms with Crippen molar-refractivity contribution < 1.29 is 24.3 Å². The maximum Gasteiger partial charge on any atom is 0.322 e. The lowest BCUT2D eigenvalue weighted by Gasteiger charge is -2.05. The third-order valence-electron chi connectivity index (χ3n) is 3.15. The van der Waals surface area contributed by atoms with Crippen LogP contribution in [0.1, 0.15) is 10.5 Å². The zero-order chi connectivity index (χ0) is 16.4. The second-order valence-electron chi connectivity index (χ2n) is 4.67. The molecule has 0 spiro atoms. The fraction of sp³-hybridized carbons (Fsp3) is 0.0667. The van der Waals surface area contributed by atoms with Gasteiger partial charge in [-0.3, -0.25) is 9.59 Å². The number of amides is 1. The number of hydrogen-bond acceptors (Lipinski definition) is 6. The summed E-state index contributed by atoms with van der Waals surface area (Å²) >= 11 is 0. The minimum atomic E-state index is -1.20. The molecule has 0 radical (unpaired) electrons. The number of hydrogen-bond donors (Lipinski definition) is 3. The zero-order valence-corrected chi connectivity index (χ0v) is 11.7. The number of carboxylic acids is 1. The summed E-state index contributed by atoms with van der Waals surface area (Å²) in [6.45, 7) is -0.576. The first kappa shape index (κ1) is 14.5. The van der Waals surface area contributed by atoms with Gasteiger partial charge in [0.2, 0.25) is 0 Å². The van der Waals surface area contributed by atoms with Gasteiger partial charge in [-0.15, -0.1) is 0 Å². The Labute approximate surface area is 129 Å². The van der Waals surface area contributed by atoms with E-state index in [-0.39, 0.29) is 16.7 Å². The highest BCUT2D eigenvalue weighted by Crippen LogP contribution is 2.35. The SMILES string of the molecule is O=C(O)CNC(=O)c1ncc2onc(-c3ccccc3)c2c1O. The molecule has 8 heteroatoms. The predicted molar refractivity (Wildman–Crippen MR) is 78.9 cm³/mol. The quantitative estimate of drug-likeness (QED) is 0.664. The number of pyridine rings is 1. The van der Waals surface area contributed by atoms with Gasteiger partial charge in [-0.05, 0) is 0 Å². The molecule has 3 rings (SSSR count). The third kappa shape index (κ3) is 2.69. The van der Waals surface area contributed by atoms with E-state index in [1.165, 1.54) is 6.20 Å². The predicted octanol–water partition coefficient (Wildman–Crippen LogP) is 1.41. The van der Waals surface area contributed by atoms with Crippen molar-refractivity contribution in [3.8, 4) is 17.0 Å². The van der Waals surface area contributed by atoms with Crippen LogP contribution in [0.25, 0.3) is 22.2 Å². The molecule has 1 amide bonds. The molecule has 3 aromatic rings. The van der Waals surface area contributed by atoms with E-state index in [9.17, 15) is 14.7 Å². The molecule has 2 heterocycles. The highest BCUT2D eigenvalue weighted by molar-refractivity contribution is 6.04. The van der Waals surface area contributed by atoms with Gasteiger partial charge in [0.25, 0.3) is 5.91 Å². The maximum atomic E-state index is 11.9. The molecule has 2 aromatic heterocycles. The van der Waals surface area contributed by atoms with Crippen molar-refractivity contribution in [2.24, 2.45) is 0 Å². The minimum Gasteiger partial charge on any atom is -0.505 e. The molecular formula is C15H11N3O5. The lowest BCUT2D eigenvalue weighted by molar-refractivity contribution is -0.135. The van der Waals surface area contributed by atoms with Gasteiger partial charge in [-0.1, -0.05) is 35.5 Å². The Hall–Kier alpha value is -3.42. The molecule has 1 aromatic carbocycles. The Kier molecular flexibility index (Phi) is 3.63. The fourth-order valence-corrected chi connectivity index (χ4v) is 2.12. The summed E-state index contributed by atoms with van der Waals surface area (Å²) in [4.78, 5) is 26.2. The van der Waals surface area contributed by atoms with E-state index in [0.717, 1.165) is 0 Å². The standard InChI is InChI=1S/C15H11N3O5/c19-10(20)7-17-15(22)13-14(21)11-9(6-16-13)23-18-12(11)8-4-2-1-3-5-8/h1-6,21H,7H2,(H,17,22)(H,19,20). The second kappa shape index (κ2) is 5.76. The summed E-state index contributed by atoms with van der Waals surface area (Å²) in [5.74, 6) is -2.41. The van der Waals surface area contributed by atoms with Crippen molar-refractivity contribution in [3.05, 3.63) is 42.2 Å². The molecular weight excluding hydrogens is 302 g/mol. The molecule has 0 saturated carbocycles. The van der Waals surface area contributed by atoms with Gasteiger partial charge in [0, 0.05) is 5.56 Å². The van der Waals surface area contributed by atoms with E-state index < -0.39 is 24.2 Å². The van der Waals surface area contributed by atoms with Gasteiger partial charge in [0.15, 0.2) is 17.0 Å². The number of aliphatic carboxylic acids is 1. The van der Waals surface area contributed by atoms with E-state index in [1.54, 1.807) is 24.3 Å². The number of carbonyl (C=O) groups is 2. The molecule has 3 N–H and O–H groups in total. The number of benzene rings is 1. The number of fused-ring (bicyclic) bond motifs is 1. The molecule has 0 unspecified atom stereocenters. The topological polar surface area (TPSA) is 126 Å². The van der Waals surface area contributed by atoms with E-state index in [1.807, 2.05) is 6.07 Å². The van der Waals surface area contributed by atoms with Gasteiger partial charge < -0.3 is 20.1 Å². The van der Waals surface area contributed by atoms with Gasteiger partial charge in [-0.2, -0.15) is 0 Å². The van der Waals surface area contributed by atoms with Crippen LogP contribution >= 0.6 is 0 Å². The van der Waals surface area contributed by atoms with Gasteiger partial charge in [0.1, 0.15) is 12.2 Å². The molecule has 0 aliphatic rings. The first-order chi connectivity index (χ1) is 11.1. The number of carbonyl (C=O) groups excluding carboxylic acids is 1. The van der Waals surface area contributed by atoms with Crippen LogP contribution in [-0.2, 0) is 4.79 Å². The monoisotopic (exact) mass is 313 g/mol. The number of aromatic hydroxyl groups is 1. The van der Waals surface area contributed by atoms with Gasteiger partial charge >= 0.3 is 5.97 Å². The smallest absolute Gasteiger partial charge is 0.322 e. The van der Waals surface area contributed by atoms with Gasteiger partial charge in [-0.25, -0.2) is 4.98 Å². The van der Waals surface area contributed by atoms with Crippen LogP contribution in [0.4, 0.5) is 0 Å². The maximum absolute atomic E-state index is 11.9. The molecule has 0 saturated heterocycles. The van der Waals surface area contributed by atoms with Crippen LogP contribution in [0.2, 0.25) is 0 Å². The summed E-state index contributed by atoms with van der Waals surface area (Å²) in [5.41, 5.74) is 0.993. The summed E-state index contributed by atoms with van der Waals surface area (Å²) in [7, 11) is 0. The van der Waals surface area contributed by atoms with Crippen molar-refractivity contribution in [2.75, 3.05) is 6.54 Å². The van der Waals surface area contributed by atoms with Crippen molar-refractivity contribution in [3.63, 3.8) is 0 Å². The minimum absolute atomic E-state index is 0.219. The highest BCUT2D eigenvalue weighted by Gasteiger charge is 2.22. The molecule has 0 atom stereocenters. The zero-order valence-electron chi connectivity index (χ0n) is 11.7. The second-order valence-corrected chi connectivity index (χ2v) is 4.67. The summed E-state index contributed by atoms with van der Waals surface area (Å²) < 4.78 is 5.12. The van der Waals surface area contributed by atoms with Crippen LogP contribution in [0.3, 0.4) is 0 Å². The first-order valence-electron chi connectivity index (χ1n) is 6.60. The number of carboxylic acid groups (broad SMARTS) is 1. The summed E-state index contributed by atoms with van der Waals surface area (Å²) in [6, 6.07) is 8.99. The lowest BCUT2D eigenvalue weighted by atomic mass is 10.1. The average Bonchev–Trinajstić information content (AvgIpc) is 2.99. The third-order valence-corrected chi connectivity index (χ3v) is 3.15. The number of nitrogens with zero attached hydrogens (tertiary/aromatic N) is 2. The van der Waals surface area contributed by atoms with E-state index in [4.69, 9.17) is 9.63 Å². The molecule has 116 valence electrons. The van der Waals surface area contributed by atoms with Crippen LogP contribution in [0.15, 0.2) is 41.1 Å². The molecule has 23 heavy (non-hydrogen) atoms. The fourth-order valence-electron chi connectivity index (χ4n) is 2.12. The molecule has 0 fully saturated rings. The normalized spacial score (nSPS) is 10.6. The van der Waals surface area contributed by atoms with E-state index in [2.05, 4.69) is 15.5 Å². The Morgan fingerprint density at radius 2 is 1.96 bits per heavy atom. The lowest BCUT2D eigenvalue weighted by Crippen LogP contribution is -2.29. The van der Waals surface area contributed by atoms with Crippen LogP contribution < -0.4 is 5.32 Å².